The maximum Gasteiger partial charge on any atom is 0.126 e. The van der Waals surface area contributed by atoms with E-state index in [-0.39, 0.29) is 12.4 Å². The number of nitrogens with two attached hydrogens (primary N) is 1. The lowest BCUT2D eigenvalue weighted by Gasteiger charge is -2.08. The molecule has 1 aromatic carbocycles. The predicted molar refractivity (Wildman–Crippen MR) is 45.2 cm³/mol. The van der Waals surface area contributed by atoms with Crippen LogP contribution < -0.4 is 5.73 Å². The third-order valence-corrected chi connectivity index (χ3v) is 1.82. The first kappa shape index (κ1) is 9.16. The van der Waals surface area contributed by atoms with Crippen LogP contribution in [0.1, 0.15) is 17.2 Å². The molecule has 0 fully saturated rings. The summed E-state index contributed by atoms with van der Waals surface area (Å²) < 4.78 is 12.9. The maximum atomic E-state index is 12.9. The van der Waals surface area contributed by atoms with E-state index < -0.39 is 6.04 Å². The molecule has 1 atom stereocenters. The van der Waals surface area contributed by atoms with Gasteiger partial charge in [-0.1, -0.05) is 12.1 Å². The summed E-state index contributed by atoms with van der Waals surface area (Å²) in [7, 11) is 0. The predicted octanol–water partition coefficient (Wildman–Crippen LogP) is 1.13. The van der Waals surface area contributed by atoms with E-state index in [1.807, 2.05) is 0 Å². The Kier molecular flexibility index (Phi) is 2.78. The van der Waals surface area contributed by atoms with Crippen molar-refractivity contribution in [1.82, 2.24) is 0 Å². The molecule has 66 valence electrons. The van der Waals surface area contributed by atoms with Crippen molar-refractivity contribution in [2.75, 3.05) is 6.61 Å². The Labute approximate surface area is 70.8 Å². The molecule has 0 amide bonds. The molecule has 12 heavy (non-hydrogen) atoms. The van der Waals surface area contributed by atoms with Gasteiger partial charge in [0.25, 0.3) is 0 Å². The smallest absolute Gasteiger partial charge is 0.126 e. The summed E-state index contributed by atoms with van der Waals surface area (Å²) in [6.07, 6.45) is 0. The van der Waals surface area contributed by atoms with Gasteiger partial charge >= 0.3 is 0 Å². The van der Waals surface area contributed by atoms with Gasteiger partial charge in [0.1, 0.15) is 5.82 Å². The zero-order chi connectivity index (χ0) is 9.14. The van der Waals surface area contributed by atoms with Gasteiger partial charge in [0.15, 0.2) is 0 Å². The van der Waals surface area contributed by atoms with E-state index in [4.69, 9.17) is 10.8 Å². The molecule has 0 heterocycles. The number of hydrogen-bond donors (Lipinski definition) is 2. The van der Waals surface area contributed by atoms with Crippen LogP contribution in [0.3, 0.4) is 0 Å². The van der Waals surface area contributed by atoms with Crippen LogP contribution in [0, 0.1) is 12.7 Å². The first-order valence-corrected chi connectivity index (χ1v) is 3.77. The Morgan fingerprint density at radius 2 is 2.25 bits per heavy atom. The van der Waals surface area contributed by atoms with Gasteiger partial charge in [0, 0.05) is 0 Å². The van der Waals surface area contributed by atoms with Crippen LogP contribution in [0.2, 0.25) is 0 Å². The third kappa shape index (κ3) is 1.81. The van der Waals surface area contributed by atoms with E-state index in [1.54, 1.807) is 19.1 Å². The van der Waals surface area contributed by atoms with Crippen molar-refractivity contribution < 1.29 is 9.50 Å². The topological polar surface area (TPSA) is 46.2 Å². The van der Waals surface area contributed by atoms with Crippen LogP contribution >= 0.6 is 0 Å². The fourth-order valence-corrected chi connectivity index (χ4v) is 0.945. The molecule has 1 aromatic rings. The average molecular weight is 169 g/mol. The van der Waals surface area contributed by atoms with Crippen molar-refractivity contribution in [3.05, 3.63) is 35.1 Å². The summed E-state index contributed by atoms with van der Waals surface area (Å²) in [6, 6.07) is 4.25. The second kappa shape index (κ2) is 3.65. The quantitative estimate of drug-likeness (QED) is 0.697. The minimum absolute atomic E-state index is 0.164. The highest BCUT2D eigenvalue weighted by atomic mass is 19.1. The summed E-state index contributed by atoms with van der Waals surface area (Å²) in [4.78, 5) is 0. The highest BCUT2D eigenvalue weighted by Gasteiger charge is 2.05. The number of aryl methyl sites for hydroxylation is 1. The molecule has 0 saturated heterocycles. The molecule has 2 nitrogen and oxygen atoms in total. The average Bonchev–Trinajstić information content (AvgIpc) is 2.08. The van der Waals surface area contributed by atoms with Crippen molar-refractivity contribution in [2.45, 2.75) is 13.0 Å². The monoisotopic (exact) mass is 169 g/mol. The third-order valence-electron chi connectivity index (χ3n) is 1.82. The second-order valence-corrected chi connectivity index (χ2v) is 2.80. The lowest BCUT2D eigenvalue weighted by atomic mass is 10.1. The normalized spacial score (nSPS) is 13.0. The molecule has 3 N–H and O–H groups in total. The standard InChI is InChI=1S/C9H12FNO/c1-6-2-3-7(4-8(6)10)9(11)5-12/h2-4,9,12H,5,11H2,1H3/t9-/m1/s1. The Bertz CT molecular complexity index is 275. The molecule has 3 heteroatoms. The van der Waals surface area contributed by atoms with Crippen LogP contribution in [0.4, 0.5) is 4.39 Å². The Balaban J connectivity index is 2.96. The summed E-state index contributed by atoms with van der Waals surface area (Å²) >= 11 is 0. The van der Waals surface area contributed by atoms with Gasteiger partial charge in [0.05, 0.1) is 12.6 Å². The van der Waals surface area contributed by atoms with E-state index in [1.165, 1.54) is 6.07 Å². The minimum Gasteiger partial charge on any atom is -0.394 e. The molecule has 1 rings (SSSR count). The zero-order valence-electron chi connectivity index (χ0n) is 6.92. The highest BCUT2D eigenvalue weighted by Crippen LogP contribution is 2.13. The van der Waals surface area contributed by atoms with Crippen molar-refractivity contribution in [3.63, 3.8) is 0 Å². The SMILES string of the molecule is Cc1ccc([C@H](N)CO)cc1F. The molecule has 0 unspecified atom stereocenters. The molecule has 0 aromatic heterocycles. The van der Waals surface area contributed by atoms with Gasteiger partial charge < -0.3 is 10.8 Å². The zero-order valence-corrected chi connectivity index (χ0v) is 6.92. The summed E-state index contributed by atoms with van der Waals surface area (Å²) in [5, 5.41) is 8.70. The van der Waals surface area contributed by atoms with Gasteiger partial charge in [0.2, 0.25) is 0 Å². The Hall–Kier alpha value is -0.930. The van der Waals surface area contributed by atoms with Crippen LogP contribution in [-0.4, -0.2) is 11.7 Å². The molecule has 0 aliphatic heterocycles. The van der Waals surface area contributed by atoms with E-state index in [0.717, 1.165) is 0 Å². The summed E-state index contributed by atoms with van der Waals surface area (Å²) in [5.41, 5.74) is 6.71. The number of halogens is 1. The van der Waals surface area contributed by atoms with Gasteiger partial charge in [-0.25, -0.2) is 4.39 Å². The summed E-state index contributed by atoms with van der Waals surface area (Å²) in [6.45, 7) is 1.52. The molecular weight excluding hydrogens is 157 g/mol. The Morgan fingerprint density at radius 1 is 1.58 bits per heavy atom. The summed E-state index contributed by atoms with van der Waals surface area (Å²) in [5.74, 6) is -0.281. The minimum atomic E-state index is -0.486. The first-order valence-electron chi connectivity index (χ1n) is 3.77. The Morgan fingerprint density at radius 3 is 2.75 bits per heavy atom. The van der Waals surface area contributed by atoms with Crippen molar-refractivity contribution in [1.29, 1.82) is 0 Å². The first-order chi connectivity index (χ1) is 5.65. The van der Waals surface area contributed by atoms with Gasteiger partial charge in [-0.2, -0.15) is 0 Å². The highest BCUT2D eigenvalue weighted by molar-refractivity contribution is 5.25. The van der Waals surface area contributed by atoms with Crippen molar-refractivity contribution >= 4 is 0 Å². The number of aliphatic hydroxyl groups is 1. The fraction of sp³-hybridized carbons (Fsp3) is 0.333. The largest absolute Gasteiger partial charge is 0.394 e. The molecule has 0 aliphatic carbocycles. The molecule has 0 radical (unpaired) electrons. The lowest BCUT2D eigenvalue weighted by Crippen LogP contribution is -2.14. The number of hydrogen-bond acceptors (Lipinski definition) is 2. The van der Waals surface area contributed by atoms with Crippen LogP contribution in [0.5, 0.6) is 0 Å². The van der Waals surface area contributed by atoms with Crippen LogP contribution in [0.15, 0.2) is 18.2 Å². The number of rotatable bonds is 2. The van der Waals surface area contributed by atoms with Gasteiger partial charge in [-0.05, 0) is 24.1 Å². The molecular formula is C9H12FNO. The number of aliphatic hydroxyl groups excluding tert-OH is 1. The molecule has 0 saturated carbocycles. The van der Waals surface area contributed by atoms with Crippen LogP contribution in [-0.2, 0) is 0 Å². The van der Waals surface area contributed by atoms with Crippen molar-refractivity contribution in [3.8, 4) is 0 Å². The number of benzene rings is 1. The van der Waals surface area contributed by atoms with Gasteiger partial charge in [-0.3, -0.25) is 0 Å². The van der Waals surface area contributed by atoms with Crippen LogP contribution in [0.25, 0.3) is 0 Å². The van der Waals surface area contributed by atoms with Crippen molar-refractivity contribution in [2.24, 2.45) is 5.73 Å². The molecule has 0 bridgehead atoms. The van der Waals surface area contributed by atoms with E-state index in [0.29, 0.717) is 11.1 Å². The maximum absolute atomic E-state index is 12.9. The lowest BCUT2D eigenvalue weighted by molar-refractivity contribution is 0.268. The second-order valence-electron chi connectivity index (χ2n) is 2.80. The van der Waals surface area contributed by atoms with E-state index in [9.17, 15) is 4.39 Å². The van der Waals surface area contributed by atoms with E-state index in [2.05, 4.69) is 0 Å². The molecule has 0 spiro atoms. The van der Waals surface area contributed by atoms with Gasteiger partial charge in [-0.15, -0.1) is 0 Å². The van der Waals surface area contributed by atoms with E-state index >= 15 is 0 Å². The molecule has 0 aliphatic rings. The fourth-order valence-electron chi connectivity index (χ4n) is 0.945.